The smallest absolute Gasteiger partial charge is 0.151 e. The minimum Gasteiger partial charge on any atom is -0.468 e. The van der Waals surface area contributed by atoms with Crippen molar-refractivity contribution in [1.29, 1.82) is 5.26 Å². The van der Waals surface area contributed by atoms with Crippen molar-refractivity contribution in [2.75, 3.05) is 11.5 Å². The van der Waals surface area contributed by atoms with Gasteiger partial charge in [0.05, 0.1) is 35.9 Å². The normalized spacial score (nSPS) is 19.5. The van der Waals surface area contributed by atoms with Gasteiger partial charge in [0.15, 0.2) is 9.84 Å². The Morgan fingerprint density at radius 1 is 1.33 bits per heavy atom. The number of hydrogen-bond acceptors (Lipinski definition) is 5. The van der Waals surface area contributed by atoms with Gasteiger partial charge in [-0.2, -0.15) is 5.26 Å². The summed E-state index contributed by atoms with van der Waals surface area (Å²) in [6.07, 6.45) is 2.09. The Hall–Kier alpha value is -2.17. The maximum Gasteiger partial charge on any atom is 0.151 e. The van der Waals surface area contributed by atoms with Gasteiger partial charge < -0.3 is 4.42 Å². The molecule has 2 heterocycles. The molecule has 7 heteroatoms. The van der Waals surface area contributed by atoms with Crippen LogP contribution in [0.1, 0.15) is 23.3 Å². The van der Waals surface area contributed by atoms with Gasteiger partial charge in [0.25, 0.3) is 0 Å². The Kier molecular flexibility index (Phi) is 4.69. The maximum atomic E-state index is 14.2. The summed E-state index contributed by atoms with van der Waals surface area (Å²) < 4.78 is 43.1. The van der Waals surface area contributed by atoms with Gasteiger partial charge in [0.1, 0.15) is 11.6 Å². The molecule has 1 aromatic heterocycles. The van der Waals surface area contributed by atoms with Gasteiger partial charge in [0.2, 0.25) is 0 Å². The molecule has 0 amide bonds. The molecule has 1 aromatic carbocycles. The molecule has 3 rings (SSSR count). The number of furan rings is 1. The first-order chi connectivity index (χ1) is 11.5. The average molecular weight is 348 g/mol. The van der Waals surface area contributed by atoms with E-state index in [0.29, 0.717) is 24.3 Å². The zero-order chi connectivity index (χ0) is 17.2. The van der Waals surface area contributed by atoms with Gasteiger partial charge in [-0.3, -0.25) is 4.90 Å². The molecule has 0 aliphatic carbocycles. The molecule has 126 valence electrons. The van der Waals surface area contributed by atoms with Crippen LogP contribution in [0.4, 0.5) is 4.39 Å². The molecule has 1 aliphatic heterocycles. The van der Waals surface area contributed by atoms with E-state index < -0.39 is 15.7 Å². The highest BCUT2D eigenvalue weighted by Crippen LogP contribution is 2.23. The molecule has 0 bridgehead atoms. The Morgan fingerprint density at radius 2 is 2.17 bits per heavy atom. The molecule has 24 heavy (non-hydrogen) atoms. The second kappa shape index (κ2) is 6.75. The fourth-order valence-electron chi connectivity index (χ4n) is 2.94. The number of hydrogen-bond donors (Lipinski definition) is 0. The van der Waals surface area contributed by atoms with Crippen LogP contribution in [-0.4, -0.2) is 30.9 Å². The fraction of sp³-hybridized carbons (Fsp3) is 0.353. The molecule has 0 saturated carbocycles. The quantitative estimate of drug-likeness (QED) is 0.830. The molecule has 1 unspecified atom stereocenters. The van der Waals surface area contributed by atoms with Crippen LogP contribution in [0.25, 0.3) is 0 Å². The Labute approximate surface area is 140 Å². The third-order valence-corrected chi connectivity index (χ3v) is 5.97. The summed E-state index contributed by atoms with van der Waals surface area (Å²) in [6.45, 7) is 0.672. The van der Waals surface area contributed by atoms with Gasteiger partial charge in [-0.05, 0) is 30.7 Å². The van der Waals surface area contributed by atoms with E-state index in [0.717, 1.165) is 0 Å². The summed E-state index contributed by atoms with van der Waals surface area (Å²) in [5.74, 6) is 0.473. The first-order valence-electron chi connectivity index (χ1n) is 7.62. The van der Waals surface area contributed by atoms with Crippen molar-refractivity contribution in [3.05, 3.63) is 59.3 Å². The summed E-state index contributed by atoms with van der Waals surface area (Å²) in [7, 11) is -3.04. The van der Waals surface area contributed by atoms with Gasteiger partial charge in [-0.25, -0.2) is 12.8 Å². The number of nitriles is 1. The van der Waals surface area contributed by atoms with Crippen molar-refractivity contribution >= 4 is 9.84 Å². The van der Waals surface area contributed by atoms with Crippen molar-refractivity contribution in [3.63, 3.8) is 0 Å². The largest absolute Gasteiger partial charge is 0.468 e. The zero-order valence-corrected chi connectivity index (χ0v) is 13.8. The van der Waals surface area contributed by atoms with Crippen LogP contribution >= 0.6 is 0 Å². The molecular weight excluding hydrogens is 331 g/mol. The van der Waals surface area contributed by atoms with E-state index in [1.54, 1.807) is 24.5 Å². The molecule has 0 radical (unpaired) electrons. The molecule has 0 spiro atoms. The summed E-state index contributed by atoms with van der Waals surface area (Å²) in [6, 6.07) is 9.65. The monoisotopic (exact) mass is 348 g/mol. The van der Waals surface area contributed by atoms with Crippen LogP contribution in [0.5, 0.6) is 0 Å². The van der Waals surface area contributed by atoms with Crippen molar-refractivity contribution < 1.29 is 17.2 Å². The Bertz CT molecular complexity index is 856. The fourth-order valence-corrected chi connectivity index (χ4v) is 4.71. The Balaban J connectivity index is 1.83. The van der Waals surface area contributed by atoms with Crippen LogP contribution in [0.15, 0.2) is 41.0 Å². The Morgan fingerprint density at radius 3 is 2.75 bits per heavy atom. The highest BCUT2D eigenvalue weighted by Gasteiger charge is 2.33. The highest BCUT2D eigenvalue weighted by atomic mass is 32.2. The van der Waals surface area contributed by atoms with Gasteiger partial charge in [-0.15, -0.1) is 0 Å². The summed E-state index contributed by atoms with van der Waals surface area (Å²) in [5, 5.41) is 8.83. The molecule has 0 N–H and O–H groups in total. The maximum absolute atomic E-state index is 14.2. The lowest BCUT2D eigenvalue weighted by Gasteiger charge is -2.27. The van der Waals surface area contributed by atoms with Crippen molar-refractivity contribution in [2.45, 2.75) is 25.6 Å². The number of rotatable bonds is 5. The standard InChI is InChI=1S/C17H17FN2O3S/c18-17-8-13(9-19)3-4-14(17)10-20(11-16-2-1-6-23-16)15-5-7-24(21,22)12-15/h1-4,6,8,15H,5,7,10-12H2. The topological polar surface area (TPSA) is 74.3 Å². The molecule has 1 saturated heterocycles. The highest BCUT2D eigenvalue weighted by molar-refractivity contribution is 7.91. The van der Waals surface area contributed by atoms with E-state index in [1.807, 2.05) is 17.0 Å². The zero-order valence-electron chi connectivity index (χ0n) is 13.0. The van der Waals surface area contributed by atoms with E-state index in [1.165, 1.54) is 6.07 Å². The summed E-state index contributed by atoms with van der Waals surface area (Å²) >= 11 is 0. The lowest BCUT2D eigenvalue weighted by atomic mass is 10.1. The minimum absolute atomic E-state index is 0.0750. The third-order valence-electron chi connectivity index (χ3n) is 4.22. The van der Waals surface area contributed by atoms with E-state index in [2.05, 4.69) is 0 Å². The summed E-state index contributed by atoms with van der Waals surface area (Å²) in [5.41, 5.74) is 0.696. The van der Waals surface area contributed by atoms with Crippen molar-refractivity contribution in [3.8, 4) is 6.07 Å². The van der Waals surface area contributed by atoms with Crippen LogP contribution in [0.2, 0.25) is 0 Å². The lowest BCUT2D eigenvalue weighted by Crippen LogP contribution is -2.35. The van der Waals surface area contributed by atoms with Gasteiger partial charge in [0, 0.05) is 18.2 Å². The first-order valence-corrected chi connectivity index (χ1v) is 9.44. The number of sulfone groups is 1. The number of benzene rings is 1. The molecule has 5 nitrogen and oxygen atoms in total. The average Bonchev–Trinajstić information content (AvgIpc) is 3.17. The van der Waals surface area contributed by atoms with Crippen LogP contribution < -0.4 is 0 Å². The third kappa shape index (κ3) is 3.83. The minimum atomic E-state index is -3.04. The predicted octanol–water partition coefficient (Wildman–Crippen LogP) is 2.48. The van der Waals surface area contributed by atoms with Crippen molar-refractivity contribution in [2.24, 2.45) is 0 Å². The molecule has 2 aromatic rings. The molecule has 1 aliphatic rings. The van der Waals surface area contributed by atoms with Crippen molar-refractivity contribution in [1.82, 2.24) is 4.90 Å². The first kappa shape index (κ1) is 16.7. The lowest BCUT2D eigenvalue weighted by molar-refractivity contribution is 0.177. The molecule has 1 fully saturated rings. The number of nitrogens with zero attached hydrogens (tertiary/aromatic N) is 2. The van der Waals surface area contributed by atoms with E-state index in [9.17, 15) is 12.8 Å². The molecular formula is C17H17FN2O3S. The van der Waals surface area contributed by atoms with E-state index >= 15 is 0 Å². The summed E-state index contributed by atoms with van der Waals surface area (Å²) in [4.78, 5) is 1.92. The van der Waals surface area contributed by atoms with Gasteiger partial charge >= 0.3 is 0 Å². The SMILES string of the molecule is N#Cc1ccc(CN(Cc2ccco2)C2CCS(=O)(=O)C2)c(F)c1. The second-order valence-electron chi connectivity index (χ2n) is 5.96. The predicted molar refractivity (Wildman–Crippen MR) is 86.1 cm³/mol. The van der Waals surface area contributed by atoms with E-state index in [4.69, 9.17) is 9.68 Å². The van der Waals surface area contributed by atoms with Gasteiger partial charge in [-0.1, -0.05) is 6.07 Å². The van der Waals surface area contributed by atoms with Crippen LogP contribution in [-0.2, 0) is 22.9 Å². The van der Waals surface area contributed by atoms with Crippen LogP contribution in [0.3, 0.4) is 0 Å². The van der Waals surface area contributed by atoms with E-state index in [-0.39, 0.29) is 29.7 Å². The number of halogens is 1. The second-order valence-corrected chi connectivity index (χ2v) is 8.19. The van der Waals surface area contributed by atoms with Crippen LogP contribution in [0, 0.1) is 17.1 Å². The molecule has 1 atom stereocenters.